The van der Waals surface area contributed by atoms with E-state index in [0.29, 0.717) is 12.2 Å². The van der Waals surface area contributed by atoms with Crippen LogP contribution in [0.5, 0.6) is 0 Å². The summed E-state index contributed by atoms with van der Waals surface area (Å²) in [6, 6.07) is 0. The van der Waals surface area contributed by atoms with Crippen LogP contribution in [0.2, 0.25) is 0 Å². The van der Waals surface area contributed by atoms with Crippen LogP contribution < -0.4 is 27.7 Å². The molecule has 0 aliphatic carbocycles. The highest BCUT2D eigenvalue weighted by Gasteiger charge is 2.47. The Balaban J connectivity index is 1.97. The number of rotatable bonds is 13. The molecular weight excluding hydrogens is 410 g/mol. The third-order valence-electron chi connectivity index (χ3n) is 5.18. The summed E-state index contributed by atoms with van der Waals surface area (Å²) in [4.78, 5) is 33.5. The standard InChI is InChI=1S/C19H33N5O7/c1-12-10-24(19(26)23-16(12)25)17-15(14(28-2)13(31-17)11-30-27)29-9-7-5-3-4-6-8-22-18(20)21/h10,13-15,17,27H,3-9,11H2,1-2H3,(H4,20,21,22)(H,23,25,26)/p+1/t13-,14?,15+,17-/m1/s1. The predicted molar refractivity (Wildman–Crippen MR) is 111 cm³/mol. The molecule has 1 aromatic rings. The van der Waals surface area contributed by atoms with Crippen LogP contribution in [0.1, 0.15) is 43.9 Å². The molecule has 0 saturated carbocycles. The van der Waals surface area contributed by atoms with Gasteiger partial charge in [0.2, 0.25) is 0 Å². The van der Waals surface area contributed by atoms with Crippen molar-refractivity contribution in [1.29, 1.82) is 0 Å². The van der Waals surface area contributed by atoms with Gasteiger partial charge in [0, 0.05) is 25.5 Å². The van der Waals surface area contributed by atoms with Gasteiger partial charge < -0.3 is 14.2 Å². The maximum atomic E-state index is 12.4. The van der Waals surface area contributed by atoms with E-state index < -0.39 is 35.8 Å². The van der Waals surface area contributed by atoms with Gasteiger partial charge in [0.25, 0.3) is 5.56 Å². The molecule has 1 unspecified atom stereocenters. The average Bonchev–Trinajstić information content (AvgIpc) is 3.06. The zero-order valence-corrected chi connectivity index (χ0v) is 18.0. The number of nitrogens with two attached hydrogens (primary N) is 2. The van der Waals surface area contributed by atoms with Gasteiger partial charge in [0.15, 0.2) is 6.23 Å². The largest absolute Gasteiger partial charge is 0.376 e. The van der Waals surface area contributed by atoms with Crippen molar-refractivity contribution in [3.05, 3.63) is 32.6 Å². The first kappa shape index (κ1) is 25.0. The summed E-state index contributed by atoms with van der Waals surface area (Å²) in [6.07, 6.45) is 3.58. The molecule has 0 aromatic carbocycles. The molecular formula is C19H34N5O7+. The number of nitrogens with one attached hydrogen (secondary N) is 2. The van der Waals surface area contributed by atoms with Crippen LogP contribution in [0.3, 0.4) is 0 Å². The molecule has 0 amide bonds. The molecule has 1 saturated heterocycles. The van der Waals surface area contributed by atoms with Crippen LogP contribution in [0.4, 0.5) is 0 Å². The van der Waals surface area contributed by atoms with Crippen LogP contribution in [-0.2, 0) is 19.1 Å². The molecule has 4 atom stereocenters. The van der Waals surface area contributed by atoms with E-state index in [1.165, 1.54) is 17.9 Å². The Hall–Kier alpha value is -2.25. The Bertz CT molecular complexity index is 821. The van der Waals surface area contributed by atoms with Gasteiger partial charge in [-0.05, 0) is 19.8 Å². The highest BCUT2D eigenvalue weighted by atomic mass is 17.1. The molecule has 12 heteroatoms. The quantitative estimate of drug-likeness (QED) is 0.0752. The Morgan fingerprint density at radius 2 is 1.94 bits per heavy atom. The molecule has 1 aliphatic heterocycles. The number of unbranched alkanes of at least 4 members (excludes halogenated alkanes) is 4. The molecule has 0 radical (unpaired) electrons. The van der Waals surface area contributed by atoms with Crippen molar-refractivity contribution >= 4 is 5.96 Å². The van der Waals surface area contributed by atoms with E-state index in [4.69, 9.17) is 30.9 Å². The van der Waals surface area contributed by atoms with Gasteiger partial charge in [-0.15, -0.1) is 0 Å². The van der Waals surface area contributed by atoms with E-state index in [2.05, 4.69) is 14.9 Å². The SMILES string of the molecule is COC1[C@@H](COO)O[C@@H](n2cc(C)c(=O)[nH]c2=O)[C@H]1OCCCCCCC[NH+]=C(N)N. The van der Waals surface area contributed by atoms with Crippen LogP contribution in [0.15, 0.2) is 15.8 Å². The molecule has 1 aliphatic rings. The zero-order valence-electron chi connectivity index (χ0n) is 18.0. The summed E-state index contributed by atoms with van der Waals surface area (Å²) < 4.78 is 18.7. The number of ether oxygens (including phenoxy) is 3. The topological polar surface area (TPSA) is 178 Å². The Labute approximate surface area is 180 Å². The molecule has 0 spiro atoms. The minimum atomic E-state index is -0.836. The molecule has 1 fully saturated rings. The van der Waals surface area contributed by atoms with E-state index in [1.807, 2.05) is 0 Å². The van der Waals surface area contributed by atoms with Crippen molar-refractivity contribution < 1.29 is 29.3 Å². The first-order valence-electron chi connectivity index (χ1n) is 10.4. The summed E-state index contributed by atoms with van der Waals surface area (Å²) in [7, 11) is 1.50. The number of guanidine groups is 1. The van der Waals surface area contributed by atoms with Crippen LogP contribution in [-0.4, -0.2) is 65.9 Å². The van der Waals surface area contributed by atoms with Gasteiger partial charge in [0.1, 0.15) is 24.9 Å². The van der Waals surface area contributed by atoms with Gasteiger partial charge >= 0.3 is 11.6 Å². The molecule has 2 heterocycles. The highest BCUT2D eigenvalue weighted by molar-refractivity contribution is 5.69. The molecule has 176 valence electrons. The number of nitrogens with zero attached hydrogens (tertiary/aromatic N) is 1. The number of hydrogen-bond acceptors (Lipinski definition) is 7. The fourth-order valence-corrected chi connectivity index (χ4v) is 3.59. The zero-order chi connectivity index (χ0) is 22.8. The smallest absolute Gasteiger partial charge is 0.338 e. The Kier molecular flexibility index (Phi) is 10.1. The molecule has 0 bridgehead atoms. The van der Waals surface area contributed by atoms with E-state index in [9.17, 15) is 9.59 Å². The molecule has 12 nitrogen and oxygen atoms in total. The summed E-state index contributed by atoms with van der Waals surface area (Å²) in [5.74, 6) is 0.233. The number of methoxy groups -OCH3 is 1. The number of aromatic nitrogens is 2. The maximum absolute atomic E-state index is 12.4. The summed E-state index contributed by atoms with van der Waals surface area (Å²) in [5, 5.41) is 8.87. The first-order valence-corrected chi connectivity index (χ1v) is 10.4. The maximum Gasteiger partial charge on any atom is 0.338 e. The molecule has 2 rings (SSSR count). The lowest BCUT2D eigenvalue weighted by Gasteiger charge is -2.24. The van der Waals surface area contributed by atoms with Gasteiger partial charge in [0.05, 0.1) is 6.54 Å². The number of aromatic amines is 1. The van der Waals surface area contributed by atoms with E-state index in [1.54, 1.807) is 6.92 Å². The fraction of sp³-hybridized carbons (Fsp3) is 0.737. The summed E-state index contributed by atoms with van der Waals surface area (Å²) in [6.45, 7) is 2.63. The Morgan fingerprint density at radius 3 is 2.61 bits per heavy atom. The second-order valence-corrected chi connectivity index (χ2v) is 7.53. The third-order valence-corrected chi connectivity index (χ3v) is 5.18. The second kappa shape index (κ2) is 12.6. The molecule has 1 aromatic heterocycles. The number of hydrogen-bond donors (Lipinski definition) is 5. The number of aryl methyl sites for hydroxylation is 1. The van der Waals surface area contributed by atoms with Crippen molar-refractivity contribution in [3.63, 3.8) is 0 Å². The van der Waals surface area contributed by atoms with E-state index in [-0.39, 0.29) is 12.6 Å². The minimum Gasteiger partial charge on any atom is -0.376 e. The van der Waals surface area contributed by atoms with Gasteiger partial charge in [-0.3, -0.25) is 36.1 Å². The lowest BCUT2D eigenvalue weighted by Crippen LogP contribution is -2.78. The number of H-pyrrole nitrogens is 1. The third kappa shape index (κ3) is 7.14. The first-order chi connectivity index (χ1) is 14.9. The van der Waals surface area contributed by atoms with Crippen molar-refractivity contribution in [1.82, 2.24) is 9.55 Å². The fourth-order valence-electron chi connectivity index (χ4n) is 3.59. The lowest BCUT2D eigenvalue weighted by molar-refractivity contribution is -0.459. The molecule has 31 heavy (non-hydrogen) atoms. The molecule has 7 N–H and O–H groups in total. The van der Waals surface area contributed by atoms with Gasteiger partial charge in [-0.2, -0.15) is 0 Å². The normalized spacial score (nSPS) is 23.2. The van der Waals surface area contributed by atoms with Gasteiger partial charge in [-0.1, -0.05) is 19.3 Å². The Morgan fingerprint density at radius 1 is 1.23 bits per heavy atom. The second-order valence-electron chi connectivity index (χ2n) is 7.53. The van der Waals surface area contributed by atoms with Crippen molar-refractivity contribution in [2.24, 2.45) is 11.5 Å². The van der Waals surface area contributed by atoms with E-state index in [0.717, 1.165) is 38.6 Å². The van der Waals surface area contributed by atoms with Crippen molar-refractivity contribution in [3.8, 4) is 0 Å². The van der Waals surface area contributed by atoms with Crippen LogP contribution >= 0.6 is 0 Å². The van der Waals surface area contributed by atoms with Crippen LogP contribution in [0, 0.1) is 6.92 Å². The van der Waals surface area contributed by atoms with Crippen molar-refractivity contribution in [2.75, 3.05) is 26.9 Å². The lowest BCUT2D eigenvalue weighted by atomic mass is 10.1. The monoisotopic (exact) mass is 444 g/mol. The summed E-state index contributed by atoms with van der Waals surface area (Å²) >= 11 is 0. The highest BCUT2D eigenvalue weighted by Crippen LogP contribution is 2.33. The van der Waals surface area contributed by atoms with Crippen LogP contribution in [0.25, 0.3) is 0 Å². The minimum absolute atomic E-state index is 0.148. The van der Waals surface area contributed by atoms with Crippen molar-refractivity contribution in [2.45, 2.75) is 63.6 Å². The summed E-state index contributed by atoms with van der Waals surface area (Å²) in [5.41, 5.74) is 9.99. The average molecular weight is 445 g/mol. The predicted octanol–water partition coefficient (Wildman–Crippen LogP) is -2.06. The van der Waals surface area contributed by atoms with Gasteiger partial charge in [-0.25, -0.2) is 9.68 Å². The van der Waals surface area contributed by atoms with E-state index >= 15 is 0 Å².